The predicted molar refractivity (Wildman–Crippen MR) is 56.2 cm³/mol. The maximum absolute atomic E-state index is 11.0. The highest BCUT2D eigenvalue weighted by molar-refractivity contribution is 5.87. The molecule has 4 heteroatoms. The quantitative estimate of drug-likeness (QED) is 0.400. The third-order valence-electron chi connectivity index (χ3n) is 2.04. The zero-order valence-electron chi connectivity index (χ0n) is 9.49. The average molecular weight is 216 g/mol. The molecule has 0 heterocycles. The summed E-state index contributed by atoms with van der Waals surface area (Å²) in [7, 11) is 0. The van der Waals surface area contributed by atoms with Crippen molar-refractivity contribution < 1.29 is 19.4 Å². The molecule has 15 heavy (non-hydrogen) atoms. The van der Waals surface area contributed by atoms with Crippen molar-refractivity contribution in [3.05, 3.63) is 0 Å². The summed E-state index contributed by atoms with van der Waals surface area (Å²) in [5.74, 6) is -1.41. The largest absolute Gasteiger partial charge is 0.391 e. The van der Waals surface area contributed by atoms with Gasteiger partial charge in [-0.15, -0.1) is 0 Å². The first-order valence-corrected chi connectivity index (χ1v) is 5.50. The van der Waals surface area contributed by atoms with Crippen LogP contribution in [0, 0.1) is 0 Å². The summed E-state index contributed by atoms with van der Waals surface area (Å²) in [5.41, 5.74) is 0. The fourth-order valence-electron chi connectivity index (χ4n) is 1.12. The van der Waals surface area contributed by atoms with Crippen LogP contribution in [-0.4, -0.2) is 23.1 Å². The summed E-state index contributed by atoms with van der Waals surface area (Å²) in [6.45, 7) is 3.40. The number of unbranched alkanes of at least 4 members (excludes halogenated alkanes) is 4. The third-order valence-corrected chi connectivity index (χ3v) is 2.04. The standard InChI is InChI=1S/C11H20O4/c1-3-4-5-6-7-8-10(13)15-11(14)9(2)12/h9,12H,3-8H2,1-2H3/t9-/m1/s1. The lowest BCUT2D eigenvalue weighted by atomic mass is 10.1. The molecule has 0 fully saturated rings. The van der Waals surface area contributed by atoms with Gasteiger partial charge < -0.3 is 9.84 Å². The van der Waals surface area contributed by atoms with Gasteiger partial charge in [0.25, 0.3) is 0 Å². The Morgan fingerprint density at radius 2 is 1.80 bits per heavy atom. The van der Waals surface area contributed by atoms with E-state index in [4.69, 9.17) is 5.11 Å². The van der Waals surface area contributed by atoms with E-state index in [0.717, 1.165) is 25.7 Å². The zero-order valence-corrected chi connectivity index (χ0v) is 9.49. The van der Waals surface area contributed by atoms with Crippen molar-refractivity contribution in [2.45, 2.75) is 58.5 Å². The van der Waals surface area contributed by atoms with Gasteiger partial charge in [-0.25, -0.2) is 4.79 Å². The number of hydrogen-bond donors (Lipinski definition) is 1. The number of aliphatic hydroxyl groups excluding tert-OH is 1. The molecule has 0 rings (SSSR count). The first-order valence-electron chi connectivity index (χ1n) is 5.50. The summed E-state index contributed by atoms with van der Waals surface area (Å²) in [4.78, 5) is 21.8. The zero-order chi connectivity index (χ0) is 11.7. The summed E-state index contributed by atoms with van der Waals surface area (Å²) >= 11 is 0. The van der Waals surface area contributed by atoms with Crippen LogP contribution < -0.4 is 0 Å². The number of ether oxygens (including phenoxy) is 1. The molecule has 0 aliphatic carbocycles. The Hall–Kier alpha value is -0.900. The number of carbonyl (C=O) groups excluding carboxylic acids is 2. The van der Waals surface area contributed by atoms with Gasteiger partial charge in [0.1, 0.15) is 6.10 Å². The average Bonchev–Trinajstić information content (AvgIpc) is 2.17. The molecule has 0 unspecified atom stereocenters. The molecule has 88 valence electrons. The van der Waals surface area contributed by atoms with E-state index in [-0.39, 0.29) is 6.42 Å². The Morgan fingerprint density at radius 1 is 1.20 bits per heavy atom. The van der Waals surface area contributed by atoms with Crippen LogP contribution >= 0.6 is 0 Å². The van der Waals surface area contributed by atoms with Crippen LogP contribution in [0.5, 0.6) is 0 Å². The second-order valence-corrected chi connectivity index (χ2v) is 3.63. The van der Waals surface area contributed by atoms with Crippen molar-refractivity contribution in [2.24, 2.45) is 0 Å². The van der Waals surface area contributed by atoms with Crippen LogP contribution in [0.1, 0.15) is 52.4 Å². The summed E-state index contributed by atoms with van der Waals surface area (Å²) in [6, 6.07) is 0. The number of carbonyl (C=O) groups is 2. The van der Waals surface area contributed by atoms with E-state index in [1.165, 1.54) is 13.3 Å². The maximum atomic E-state index is 11.0. The van der Waals surface area contributed by atoms with Crippen molar-refractivity contribution in [1.82, 2.24) is 0 Å². The fraction of sp³-hybridized carbons (Fsp3) is 0.818. The molecule has 0 bridgehead atoms. The molecular formula is C11H20O4. The maximum Gasteiger partial charge on any atom is 0.342 e. The minimum Gasteiger partial charge on any atom is -0.391 e. The molecule has 0 saturated carbocycles. The van der Waals surface area contributed by atoms with Gasteiger partial charge in [0.05, 0.1) is 0 Å². The van der Waals surface area contributed by atoms with Crippen molar-refractivity contribution in [1.29, 1.82) is 0 Å². The van der Waals surface area contributed by atoms with Crippen molar-refractivity contribution in [2.75, 3.05) is 0 Å². The van der Waals surface area contributed by atoms with E-state index in [9.17, 15) is 9.59 Å². The van der Waals surface area contributed by atoms with Crippen LogP contribution in [0.25, 0.3) is 0 Å². The monoisotopic (exact) mass is 216 g/mol. The Bertz CT molecular complexity index is 199. The SMILES string of the molecule is CCCCCCCC(=O)OC(=O)[C@@H](C)O. The molecule has 1 atom stereocenters. The van der Waals surface area contributed by atoms with Gasteiger partial charge in [0.2, 0.25) is 0 Å². The molecule has 0 saturated heterocycles. The Kier molecular flexibility index (Phi) is 7.91. The highest BCUT2D eigenvalue weighted by Crippen LogP contribution is 2.06. The molecule has 0 aromatic rings. The van der Waals surface area contributed by atoms with Crippen LogP contribution in [0.3, 0.4) is 0 Å². The van der Waals surface area contributed by atoms with Crippen molar-refractivity contribution >= 4 is 11.9 Å². The molecule has 0 amide bonds. The molecular weight excluding hydrogens is 196 g/mol. The Labute approximate surface area is 90.6 Å². The second kappa shape index (κ2) is 8.41. The van der Waals surface area contributed by atoms with E-state index >= 15 is 0 Å². The number of esters is 2. The van der Waals surface area contributed by atoms with Gasteiger partial charge in [-0.1, -0.05) is 32.6 Å². The van der Waals surface area contributed by atoms with Gasteiger partial charge in [0, 0.05) is 6.42 Å². The lowest BCUT2D eigenvalue weighted by Gasteiger charge is -2.04. The fourth-order valence-corrected chi connectivity index (χ4v) is 1.12. The van der Waals surface area contributed by atoms with Crippen LogP contribution in [-0.2, 0) is 14.3 Å². The highest BCUT2D eigenvalue weighted by atomic mass is 16.6. The predicted octanol–water partition coefficient (Wildman–Crippen LogP) is 1.80. The highest BCUT2D eigenvalue weighted by Gasteiger charge is 2.14. The van der Waals surface area contributed by atoms with Gasteiger partial charge in [-0.2, -0.15) is 0 Å². The van der Waals surface area contributed by atoms with Gasteiger partial charge >= 0.3 is 11.9 Å². The second-order valence-electron chi connectivity index (χ2n) is 3.63. The van der Waals surface area contributed by atoms with Gasteiger partial charge in [0.15, 0.2) is 0 Å². The van der Waals surface area contributed by atoms with Gasteiger partial charge in [-0.3, -0.25) is 4.79 Å². The van der Waals surface area contributed by atoms with Crippen LogP contribution in [0.4, 0.5) is 0 Å². The van der Waals surface area contributed by atoms with Crippen molar-refractivity contribution in [3.63, 3.8) is 0 Å². The number of aliphatic hydroxyl groups is 1. The lowest BCUT2D eigenvalue weighted by Crippen LogP contribution is -2.22. The summed E-state index contributed by atoms with van der Waals surface area (Å²) in [5, 5.41) is 8.78. The molecule has 0 aliphatic heterocycles. The van der Waals surface area contributed by atoms with E-state index in [1.54, 1.807) is 0 Å². The first kappa shape index (κ1) is 14.1. The molecule has 4 nitrogen and oxygen atoms in total. The minimum atomic E-state index is -1.23. The van der Waals surface area contributed by atoms with Gasteiger partial charge in [-0.05, 0) is 13.3 Å². The Balaban J connectivity index is 3.45. The van der Waals surface area contributed by atoms with Crippen LogP contribution in [0.2, 0.25) is 0 Å². The van der Waals surface area contributed by atoms with E-state index < -0.39 is 18.0 Å². The topological polar surface area (TPSA) is 63.6 Å². The van der Waals surface area contributed by atoms with Crippen LogP contribution in [0.15, 0.2) is 0 Å². The van der Waals surface area contributed by atoms with Crippen molar-refractivity contribution in [3.8, 4) is 0 Å². The molecule has 1 N–H and O–H groups in total. The normalized spacial score (nSPS) is 12.2. The van der Waals surface area contributed by atoms with E-state index in [1.807, 2.05) is 0 Å². The molecule has 0 aromatic carbocycles. The molecule has 0 aromatic heterocycles. The smallest absolute Gasteiger partial charge is 0.342 e. The Morgan fingerprint density at radius 3 is 2.33 bits per heavy atom. The first-order chi connectivity index (χ1) is 7.07. The lowest BCUT2D eigenvalue weighted by molar-refractivity contribution is -0.165. The van der Waals surface area contributed by atoms with E-state index in [0.29, 0.717) is 0 Å². The summed E-state index contributed by atoms with van der Waals surface area (Å²) < 4.78 is 4.39. The third kappa shape index (κ3) is 8.12. The van der Waals surface area contributed by atoms with E-state index in [2.05, 4.69) is 11.7 Å². The minimum absolute atomic E-state index is 0.252. The number of hydrogen-bond acceptors (Lipinski definition) is 4. The number of rotatable bonds is 7. The molecule has 0 aliphatic rings. The molecule has 0 spiro atoms. The summed E-state index contributed by atoms with van der Waals surface area (Å²) in [6.07, 6.45) is 4.18. The molecule has 0 radical (unpaired) electrons.